The molecule has 0 aliphatic heterocycles. The molecule has 0 spiro atoms. The third kappa shape index (κ3) is 19.4. The molecule has 8 nitrogen and oxygen atoms in total. The van der Waals surface area contributed by atoms with Crippen molar-refractivity contribution < 1.29 is 29.3 Å². The number of ether oxygens (including phenoxy) is 1. The highest BCUT2D eigenvalue weighted by Crippen LogP contribution is 2.45. The second-order valence-corrected chi connectivity index (χ2v) is 17.2. The number of unbranched alkanes of at least 4 members (excludes halogenated alkanes) is 12. The Morgan fingerprint density at radius 2 is 1.44 bits per heavy atom. The molecule has 0 aromatic carbocycles. The van der Waals surface area contributed by atoms with Crippen molar-refractivity contribution >= 4 is 17.8 Å². The number of rotatable bonds is 29. The number of hydrogen-bond acceptors (Lipinski definition) is 6. The lowest BCUT2D eigenvalue weighted by Gasteiger charge is -2.44. The van der Waals surface area contributed by atoms with Crippen LogP contribution in [0.4, 0.5) is 0 Å². The number of carbonyl (C=O) groups excluding carboxylic acids is 3. The van der Waals surface area contributed by atoms with Crippen molar-refractivity contribution in [3.05, 3.63) is 36.0 Å². The van der Waals surface area contributed by atoms with E-state index in [1.54, 1.807) is 0 Å². The summed E-state index contributed by atoms with van der Waals surface area (Å²) in [6.45, 7) is 13.1. The molecule has 0 radical (unpaired) electrons. The summed E-state index contributed by atoms with van der Waals surface area (Å²) >= 11 is 0. The van der Waals surface area contributed by atoms with Crippen molar-refractivity contribution in [1.82, 2.24) is 10.6 Å². The van der Waals surface area contributed by atoms with Gasteiger partial charge in [0.2, 0.25) is 11.8 Å². The van der Waals surface area contributed by atoms with Crippen molar-refractivity contribution in [3.8, 4) is 0 Å². The molecule has 0 aromatic heterocycles. The molecule has 2 rings (SSSR count). The summed E-state index contributed by atoms with van der Waals surface area (Å²) < 4.78 is 6.21. The van der Waals surface area contributed by atoms with Crippen LogP contribution in [0.1, 0.15) is 176 Å². The third-order valence-electron chi connectivity index (χ3n) is 11.8. The van der Waals surface area contributed by atoms with Gasteiger partial charge in [0.15, 0.2) is 0 Å². The Morgan fingerprint density at radius 1 is 0.852 bits per heavy atom. The average Bonchev–Trinajstić information content (AvgIpc) is 3.12. The smallest absolute Gasteiger partial charge is 0.311 e. The first kappa shape index (κ1) is 47.7. The summed E-state index contributed by atoms with van der Waals surface area (Å²) in [6, 6.07) is 0. The highest BCUT2D eigenvalue weighted by molar-refractivity contribution is 5.77. The highest BCUT2D eigenvalue weighted by Gasteiger charge is 2.43. The third-order valence-corrected chi connectivity index (χ3v) is 11.8. The molecule has 0 heterocycles. The second kappa shape index (κ2) is 27.2. The van der Waals surface area contributed by atoms with E-state index in [1.807, 2.05) is 20.8 Å². The number of allylic oxidation sites excluding steroid dienone is 5. The normalized spacial score (nSPS) is 22.4. The fourth-order valence-corrected chi connectivity index (χ4v) is 7.87. The SMILES string of the molecule is CCCCCCCCCC=CCCCCCCCC(=O)NCCNC(=O)C[C@H](O)C[C@@H](O)CC[C@@H]1C2C(=C[C@H](C)CC2OC(=O)C(C)(C)CC)C=C[C@@H]1C. The van der Waals surface area contributed by atoms with Crippen molar-refractivity contribution in [2.75, 3.05) is 13.1 Å². The van der Waals surface area contributed by atoms with Crippen LogP contribution in [0, 0.1) is 29.1 Å². The monoisotopic (exact) mass is 757 g/mol. The molecule has 2 amide bonds. The van der Waals surface area contributed by atoms with Crippen molar-refractivity contribution in [2.24, 2.45) is 29.1 Å². The van der Waals surface area contributed by atoms with E-state index in [-0.39, 0.29) is 54.5 Å². The van der Waals surface area contributed by atoms with Gasteiger partial charge in [0.1, 0.15) is 6.10 Å². The summed E-state index contributed by atoms with van der Waals surface area (Å²) in [4.78, 5) is 37.7. The van der Waals surface area contributed by atoms with E-state index in [4.69, 9.17) is 4.74 Å². The molecule has 4 N–H and O–H groups in total. The first-order chi connectivity index (χ1) is 25.9. The van der Waals surface area contributed by atoms with Crippen LogP contribution < -0.4 is 10.6 Å². The van der Waals surface area contributed by atoms with Gasteiger partial charge in [0.25, 0.3) is 0 Å². The van der Waals surface area contributed by atoms with Gasteiger partial charge in [-0.05, 0) is 101 Å². The van der Waals surface area contributed by atoms with Gasteiger partial charge in [-0.2, -0.15) is 0 Å². The van der Waals surface area contributed by atoms with Gasteiger partial charge in [-0.25, -0.2) is 0 Å². The van der Waals surface area contributed by atoms with Gasteiger partial charge >= 0.3 is 5.97 Å². The molecule has 0 bridgehead atoms. The van der Waals surface area contributed by atoms with Gasteiger partial charge < -0.3 is 25.6 Å². The topological polar surface area (TPSA) is 125 Å². The van der Waals surface area contributed by atoms with E-state index >= 15 is 0 Å². The Hall–Kier alpha value is -2.45. The molecule has 2 unspecified atom stereocenters. The van der Waals surface area contributed by atoms with Crippen LogP contribution in [0.15, 0.2) is 36.0 Å². The molecule has 7 atom stereocenters. The summed E-state index contributed by atoms with van der Waals surface area (Å²) in [7, 11) is 0. The van der Waals surface area contributed by atoms with Crippen LogP contribution in [-0.2, 0) is 19.1 Å². The minimum Gasteiger partial charge on any atom is -0.461 e. The van der Waals surface area contributed by atoms with Gasteiger partial charge in [-0.1, -0.05) is 116 Å². The predicted octanol–water partition coefficient (Wildman–Crippen LogP) is 9.68. The number of esters is 1. The lowest BCUT2D eigenvalue weighted by atomic mass is 9.65. The zero-order chi connectivity index (χ0) is 39.8. The standard InChI is InChI=1S/C46H80N2O6/c1-7-9-10-11-12-13-14-15-16-17-18-19-20-21-22-23-24-42(51)47-29-30-48-43(52)34-39(50)33-38(49)27-28-40-36(4)25-26-37-31-35(3)32-41(44(37)40)54-45(53)46(5,6)8-2/h16-17,25-26,31,35-36,38-41,44,49-50H,7-15,18-24,27-30,32-34H2,1-6H3,(H,47,51)(H,48,52)/t35-,36-,38-,39+,40-,41?,44?/m0/s1. The summed E-state index contributed by atoms with van der Waals surface area (Å²) in [5, 5.41) is 27.1. The van der Waals surface area contributed by atoms with Gasteiger partial charge in [-0.15, -0.1) is 0 Å². The average molecular weight is 757 g/mol. The van der Waals surface area contributed by atoms with E-state index < -0.39 is 17.6 Å². The van der Waals surface area contributed by atoms with Crippen LogP contribution in [0.5, 0.6) is 0 Å². The summed E-state index contributed by atoms with van der Waals surface area (Å²) in [6.07, 6.45) is 30.0. The quantitative estimate of drug-likeness (QED) is 0.0342. The Labute approximate surface area is 329 Å². The number of aliphatic hydroxyl groups is 2. The molecule has 0 aromatic rings. The molecular weight excluding hydrogens is 677 g/mol. The van der Waals surface area contributed by atoms with Gasteiger partial charge in [0, 0.05) is 25.4 Å². The molecule has 0 saturated heterocycles. The Bertz CT molecular complexity index is 1160. The number of fused-ring (bicyclic) bond motifs is 1. The largest absolute Gasteiger partial charge is 0.461 e. The molecule has 2 aliphatic rings. The van der Waals surface area contributed by atoms with Crippen molar-refractivity contribution in [1.29, 1.82) is 0 Å². The molecule has 8 heteroatoms. The Balaban J connectivity index is 1.56. The second-order valence-electron chi connectivity index (χ2n) is 17.2. The first-order valence-electron chi connectivity index (χ1n) is 22.0. The molecule has 54 heavy (non-hydrogen) atoms. The van der Waals surface area contributed by atoms with E-state index in [0.717, 1.165) is 38.5 Å². The maximum absolute atomic E-state index is 13.1. The van der Waals surface area contributed by atoms with Gasteiger partial charge in [0.05, 0.1) is 24.0 Å². The van der Waals surface area contributed by atoms with E-state index in [2.05, 4.69) is 61.8 Å². The van der Waals surface area contributed by atoms with Gasteiger partial charge in [-0.3, -0.25) is 14.4 Å². The van der Waals surface area contributed by atoms with Crippen LogP contribution in [0.25, 0.3) is 0 Å². The van der Waals surface area contributed by atoms with E-state index in [1.165, 1.54) is 69.8 Å². The first-order valence-corrected chi connectivity index (χ1v) is 22.0. The summed E-state index contributed by atoms with van der Waals surface area (Å²) in [5.41, 5.74) is 0.677. The van der Waals surface area contributed by atoms with Crippen molar-refractivity contribution in [3.63, 3.8) is 0 Å². The number of amides is 2. The Morgan fingerprint density at radius 3 is 2.07 bits per heavy atom. The number of carbonyl (C=O) groups is 3. The van der Waals surface area contributed by atoms with Crippen molar-refractivity contribution in [2.45, 2.75) is 195 Å². The minimum atomic E-state index is -0.958. The zero-order valence-corrected chi connectivity index (χ0v) is 35.2. The van der Waals surface area contributed by atoms with Crippen LogP contribution in [0.3, 0.4) is 0 Å². The van der Waals surface area contributed by atoms with E-state index in [0.29, 0.717) is 38.3 Å². The minimum absolute atomic E-state index is 0.00288. The lowest BCUT2D eigenvalue weighted by Crippen LogP contribution is -2.43. The maximum Gasteiger partial charge on any atom is 0.311 e. The maximum atomic E-state index is 13.1. The molecule has 0 fully saturated rings. The van der Waals surface area contributed by atoms with Crippen LogP contribution in [0.2, 0.25) is 0 Å². The highest BCUT2D eigenvalue weighted by atomic mass is 16.5. The Kier molecular flexibility index (Phi) is 24.0. The fourth-order valence-electron chi connectivity index (χ4n) is 7.87. The summed E-state index contributed by atoms with van der Waals surface area (Å²) in [5.74, 6) is 0.397. The predicted molar refractivity (Wildman–Crippen MR) is 222 cm³/mol. The lowest BCUT2D eigenvalue weighted by molar-refractivity contribution is -0.164. The molecule has 310 valence electrons. The van der Waals surface area contributed by atoms with E-state index in [9.17, 15) is 24.6 Å². The fraction of sp³-hybridized carbons (Fsp3) is 0.804. The number of hydrogen-bond donors (Lipinski definition) is 4. The molecule has 2 aliphatic carbocycles. The number of aliphatic hydroxyl groups excluding tert-OH is 2. The number of nitrogens with one attached hydrogen (secondary N) is 2. The van der Waals surface area contributed by atoms with Crippen LogP contribution >= 0.6 is 0 Å². The molecular formula is C46H80N2O6. The zero-order valence-electron chi connectivity index (χ0n) is 35.2. The van der Waals surface area contributed by atoms with Crippen LogP contribution in [-0.4, -0.2) is 59.4 Å². The molecule has 0 saturated carbocycles.